The molecule has 1 atom stereocenters. The molecule has 1 aliphatic rings. The van der Waals surface area contributed by atoms with Crippen molar-refractivity contribution in [3.8, 4) is 5.75 Å². The van der Waals surface area contributed by atoms with Crippen LogP contribution >= 0.6 is 11.6 Å². The molecule has 1 N–H and O–H groups in total. The summed E-state index contributed by atoms with van der Waals surface area (Å²) in [6, 6.07) is 14.7. The topological polar surface area (TPSA) is 75.7 Å². The van der Waals surface area contributed by atoms with Gasteiger partial charge in [-0.2, -0.15) is 0 Å². The van der Waals surface area contributed by atoms with Gasteiger partial charge in [0, 0.05) is 18.1 Å². The van der Waals surface area contributed by atoms with E-state index in [1.165, 1.54) is 4.31 Å². The Labute approximate surface area is 196 Å². The van der Waals surface area contributed by atoms with E-state index in [2.05, 4.69) is 19.2 Å². The third kappa shape index (κ3) is 6.70. The smallest absolute Gasteiger partial charge is 0.224 e. The summed E-state index contributed by atoms with van der Waals surface area (Å²) in [5.41, 5.74) is 1.77. The van der Waals surface area contributed by atoms with Gasteiger partial charge in [-0.1, -0.05) is 55.8 Å². The Balaban J connectivity index is 1.50. The van der Waals surface area contributed by atoms with Crippen molar-refractivity contribution in [2.24, 2.45) is 5.92 Å². The predicted molar refractivity (Wildman–Crippen MR) is 127 cm³/mol. The first-order valence-electron chi connectivity index (χ1n) is 11.0. The van der Waals surface area contributed by atoms with Crippen molar-refractivity contribution < 1.29 is 17.9 Å². The van der Waals surface area contributed by atoms with Crippen LogP contribution in [0.5, 0.6) is 5.75 Å². The number of nitrogens with one attached hydrogen (secondary N) is 1. The lowest BCUT2D eigenvalue weighted by Crippen LogP contribution is -2.46. The highest BCUT2D eigenvalue weighted by molar-refractivity contribution is 7.88. The van der Waals surface area contributed by atoms with Gasteiger partial charge in [-0.15, -0.1) is 0 Å². The van der Waals surface area contributed by atoms with Gasteiger partial charge in [0.25, 0.3) is 0 Å². The van der Waals surface area contributed by atoms with Crippen LogP contribution in [0.4, 0.5) is 0 Å². The number of benzene rings is 2. The van der Waals surface area contributed by atoms with Crippen molar-refractivity contribution >= 4 is 27.5 Å². The highest BCUT2D eigenvalue weighted by atomic mass is 35.5. The van der Waals surface area contributed by atoms with E-state index in [0.29, 0.717) is 49.0 Å². The lowest BCUT2D eigenvalue weighted by molar-refractivity contribution is -0.126. The number of rotatable bonds is 9. The van der Waals surface area contributed by atoms with Crippen LogP contribution in [0.3, 0.4) is 0 Å². The fourth-order valence-corrected chi connectivity index (χ4v) is 5.72. The molecule has 6 nitrogen and oxygen atoms in total. The molecule has 0 bridgehead atoms. The number of halogens is 1. The minimum atomic E-state index is -3.52. The van der Waals surface area contributed by atoms with E-state index in [9.17, 15) is 13.2 Å². The number of piperidine rings is 1. The molecule has 0 aliphatic carbocycles. The van der Waals surface area contributed by atoms with Gasteiger partial charge in [-0.05, 0) is 48.1 Å². The van der Waals surface area contributed by atoms with Gasteiger partial charge in [-0.3, -0.25) is 4.79 Å². The Morgan fingerprint density at radius 1 is 1.22 bits per heavy atom. The summed E-state index contributed by atoms with van der Waals surface area (Å²) in [5, 5.41) is 3.40. The molecule has 174 valence electrons. The first-order chi connectivity index (χ1) is 15.3. The molecule has 1 saturated heterocycles. The average molecular weight is 479 g/mol. The molecule has 32 heavy (non-hydrogen) atoms. The van der Waals surface area contributed by atoms with Gasteiger partial charge in [0.2, 0.25) is 15.9 Å². The highest BCUT2D eigenvalue weighted by Crippen LogP contribution is 2.26. The minimum Gasteiger partial charge on any atom is -0.491 e. The van der Waals surface area contributed by atoms with Crippen LogP contribution in [0, 0.1) is 5.92 Å². The van der Waals surface area contributed by atoms with Gasteiger partial charge in [0.15, 0.2) is 0 Å². The summed E-state index contributed by atoms with van der Waals surface area (Å²) in [6.45, 7) is 5.59. The standard InChI is InChI=1S/C24H31ClN2O4S/c1-18(2)22-10-3-4-11-23(22)31-14-12-26-24(28)20-8-6-13-27(16-20)32(29,30)17-19-7-5-9-21(25)15-19/h3-5,7,9-11,15,18,20H,6,8,12-14,16-17H2,1-2H3,(H,26,28). The summed E-state index contributed by atoms with van der Waals surface area (Å²) in [6.07, 6.45) is 1.33. The number of para-hydroxylation sites is 1. The molecule has 0 aromatic heterocycles. The van der Waals surface area contributed by atoms with E-state index in [4.69, 9.17) is 16.3 Å². The minimum absolute atomic E-state index is 0.120. The van der Waals surface area contributed by atoms with Crippen molar-refractivity contribution in [3.63, 3.8) is 0 Å². The molecule has 1 unspecified atom stereocenters. The van der Waals surface area contributed by atoms with Gasteiger partial charge >= 0.3 is 0 Å². The molecule has 2 aromatic carbocycles. The number of carbonyl (C=O) groups is 1. The summed E-state index contributed by atoms with van der Waals surface area (Å²) >= 11 is 5.98. The average Bonchev–Trinajstić information content (AvgIpc) is 2.76. The fraction of sp³-hybridized carbons (Fsp3) is 0.458. The number of amides is 1. The van der Waals surface area contributed by atoms with Crippen LogP contribution in [-0.2, 0) is 20.6 Å². The quantitative estimate of drug-likeness (QED) is 0.548. The number of ether oxygens (including phenoxy) is 1. The summed E-state index contributed by atoms with van der Waals surface area (Å²) in [4.78, 5) is 12.7. The van der Waals surface area contributed by atoms with Gasteiger partial charge in [0.1, 0.15) is 12.4 Å². The number of hydrogen-bond donors (Lipinski definition) is 1. The van der Waals surface area contributed by atoms with Crippen LogP contribution in [-0.4, -0.2) is 44.9 Å². The molecule has 1 heterocycles. The van der Waals surface area contributed by atoms with E-state index in [1.807, 2.05) is 24.3 Å². The Bertz CT molecular complexity index is 1030. The second kappa shape index (κ2) is 11.2. The van der Waals surface area contributed by atoms with Crippen LogP contribution in [0.15, 0.2) is 48.5 Å². The Morgan fingerprint density at radius 2 is 2.00 bits per heavy atom. The van der Waals surface area contributed by atoms with E-state index in [1.54, 1.807) is 24.3 Å². The second-order valence-electron chi connectivity index (χ2n) is 8.42. The first kappa shape index (κ1) is 24.6. The first-order valence-corrected chi connectivity index (χ1v) is 13.0. The number of carbonyl (C=O) groups excluding carboxylic acids is 1. The molecule has 1 fully saturated rings. The molecule has 3 rings (SSSR count). The monoisotopic (exact) mass is 478 g/mol. The van der Waals surface area contributed by atoms with Crippen molar-refractivity contribution in [1.82, 2.24) is 9.62 Å². The van der Waals surface area contributed by atoms with Gasteiger partial charge in [-0.25, -0.2) is 12.7 Å². The van der Waals surface area contributed by atoms with Crippen molar-refractivity contribution in [2.75, 3.05) is 26.2 Å². The molecule has 1 amide bonds. The van der Waals surface area contributed by atoms with Crippen LogP contribution in [0.25, 0.3) is 0 Å². The molecule has 0 saturated carbocycles. The maximum atomic E-state index is 12.9. The van der Waals surface area contributed by atoms with E-state index in [0.717, 1.165) is 11.3 Å². The molecule has 1 aliphatic heterocycles. The zero-order valence-corrected chi connectivity index (χ0v) is 20.2. The van der Waals surface area contributed by atoms with Crippen LogP contribution in [0.2, 0.25) is 5.02 Å². The normalized spacial score (nSPS) is 17.3. The lowest BCUT2D eigenvalue weighted by Gasteiger charge is -2.31. The second-order valence-corrected chi connectivity index (χ2v) is 10.8. The molecule has 0 radical (unpaired) electrons. The summed E-state index contributed by atoms with van der Waals surface area (Å²) in [7, 11) is -3.52. The van der Waals surface area contributed by atoms with Crippen LogP contribution in [0.1, 0.15) is 43.7 Å². The molecule has 0 spiro atoms. The maximum Gasteiger partial charge on any atom is 0.224 e. The Hall–Kier alpha value is -2.09. The van der Waals surface area contributed by atoms with E-state index >= 15 is 0 Å². The van der Waals surface area contributed by atoms with Gasteiger partial charge in [0.05, 0.1) is 18.2 Å². The number of sulfonamides is 1. The van der Waals surface area contributed by atoms with E-state index < -0.39 is 10.0 Å². The van der Waals surface area contributed by atoms with E-state index in [-0.39, 0.29) is 24.1 Å². The van der Waals surface area contributed by atoms with Crippen LogP contribution < -0.4 is 10.1 Å². The van der Waals surface area contributed by atoms with Crippen molar-refractivity contribution in [2.45, 2.75) is 38.4 Å². The molecular weight excluding hydrogens is 448 g/mol. The zero-order valence-electron chi connectivity index (χ0n) is 18.6. The highest BCUT2D eigenvalue weighted by Gasteiger charge is 2.32. The number of nitrogens with zero attached hydrogens (tertiary/aromatic N) is 1. The molecule has 8 heteroatoms. The Kier molecular flexibility index (Phi) is 8.57. The fourth-order valence-electron chi connectivity index (χ4n) is 3.91. The van der Waals surface area contributed by atoms with Gasteiger partial charge < -0.3 is 10.1 Å². The third-order valence-corrected chi connectivity index (χ3v) is 7.64. The lowest BCUT2D eigenvalue weighted by atomic mass is 9.99. The Morgan fingerprint density at radius 3 is 2.75 bits per heavy atom. The molecule has 2 aromatic rings. The SMILES string of the molecule is CC(C)c1ccccc1OCCNC(=O)C1CCCN(S(=O)(=O)Cc2cccc(Cl)c2)C1. The van der Waals surface area contributed by atoms with Crippen molar-refractivity contribution in [1.29, 1.82) is 0 Å². The zero-order chi connectivity index (χ0) is 23.1. The van der Waals surface area contributed by atoms with Crippen molar-refractivity contribution in [3.05, 3.63) is 64.7 Å². The largest absolute Gasteiger partial charge is 0.491 e. The third-order valence-electron chi connectivity index (χ3n) is 5.59. The summed E-state index contributed by atoms with van der Waals surface area (Å²) in [5.74, 6) is 0.565. The number of hydrogen-bond acceptors (Lipinski definition) is 4. The maximum absolute atomic E-state index is 12.9. The summed E-state index contributed by atoms with van der Waals surface area (Å²) < 4.78 is 33.0. The predicted octanol–water partition coefficient (Wildman–Crippen LogP) is 4.20. The molecular formula is C24H31ClN2O4S.